The average Bonchev–Trinajstić information content (AvgIpc) is 3.54. The summed E-state index contributed by atoms with van der Waals surface area (Å²) in [6.07, 6.45) is 5.29. The second-order valence-corrected chi connectivity index (χ2v) is 9.57. The number of hydrogen-bond acceptors (Lipinski definition) is 6. The number of anilines is 1. The highest BCUT2D eigenvalue weighted by atomic mass is 35.5. The Labute approximate surface area is 197 Å². The van der Waals surface area contributed by atoms with Crippen molar-refractivity contribution in [3.63, 3.8) is 0 Å². The van der Waals surface area contributed by atoms with Gasteiger partial charge in [-0.25, -0.2) is 9.78 Å². The van der Waals surface area contributed by atoms with Gasteiger partial charge in [-0.1, -0.05) is 11.6 Å². The summed E-state index contributed by atoms with van der Waals surface area (Å²) in [4.78, 5) is 32.1. The number of halogens is 1. The summed E-state index contributed by atoms with van der Waals surface area (Å²) in [5.74, 6) is 0.521. The number of hydrogen-bond donors (Lipinski definition) is 2. The van der Waals surface area contributed by atoms with E-state index >= 15 is 0 Å². The number of amides is 3. The maximum absolute atomic E-state index is 13.0. The highest BCUT2D eigenvalue weighted by molar-refractivity contribution is 7.16. The van der Waals surface area contributed by atoms with Crippen molar-refractivity contribution >= 4 is 51.3 Å². The highest BCUT2D eigenvalue weighted by Crippen LogP contribution is 2.22. The van der Waals surface area contributed by atoms with E-state index < -0.39 is 0 Å². The SMILES string of the molecule is CN(Cc1csc(NC(=O)NCc2ccc(Cl)s2)n1)C(=O)c1cnn(C)c1-n1cccc1. The molecular formula is C20H20ClN7O2S2. The minimum absolute atomic E-state index is 0.170. The van der Waals surface area contributed by atoms with Crippen LogP contribution in [-0.2, 0) is 20.1 Å². The summed E-state index contributed by atoms with van der Waals surface area (Å²) in [7, 11) is 3.50. The first kappa shape index (κ1) is 22.1. The minimum atomic E-state index is -0.355. The molecule has 0 saturated heterocycles. The molecule has 0 saturated carbocycles. The van der Waals surface area contributed by atoms with Crippen LogP contribution in [0.3, 0.4) is 0 Å². The lowest BCUT2D eigenvalue weighted by Gasteiger charge is -2.16. The molecule has 0 aliphatic heterocycles. The summed E-state index contributed by atoms with van der Waals surface area (Å²) in [5.41, 5.74) is 1.17. The van der Waals surface area contributed by atoms with Crippen LogP contribution in [0.1, 0.15) is 20.9 Å². The number of nitrogens with zero attached hydrogens (tertiary/aromatic N) is 5. The third-order valence-corrected chi connectivity index (χ3v) is 6.59. The number of aryl methyl sites for hydroxylation is 1. The number of nitrogens with one attached hydrogen (secondary N) is 2. The van der Waals surface area contributed by atoms with Gasteiger partial charge in [0, 0.05) is 36.7 Å². The second kappa shape index (κ2) is 9.55. The van der Waals surface area contributed by atoms with Crippen LogP contribution in [-0.4, -0.2) is 43.2 Å². The van der Waals surface area contributed by atoms with Crippen LogP contribution in [0.2, 0.25) is 4.34 Å². The van der Waals surface area contributed by atoms with E-state index in [1.54, 1.807) is 35.9 Å². The van der Waals surface area contributed by atoms with Crippen molar-refractivity contribution in [2.24, 2.45) is 7.05 Å². The first-order valence-corrected chi connectivity index (χ1v) is 11.6. The summed E-state index contributed by atoms with van der Waals surface area (Å²) < 4.78 is 4.19. The molecule has 0 fully saturated rings. The van der Waals surface area contributed by atoms with Crippen LogP contribution in [0.5, 0.6) is 0 Å². The maximum Gasteiger partial charge on any atom is 0.321 e. The molecule has 0 radical (unpaired) electrons. The molecule has 4 rings (SSSR count). The standard InChI is InChI=1S/C20H20ClN7O2S2/c1-26(18(29)15-10-23-27(2)17(15)28-7-3-4-8-28)11-13-12-31-20(24-13)25-19(30)22-9-14-5-6-16(21)32-14/h3-8,10,12H,9,11H2,1-2H3,(H2,22,24,25,30). The molecule has 3 amide bonds. The van der Waals surface area contributed by atoms with Crippen molar-refractivity contribution in [2.75, 3.05) is 12.4 Å². The van der Waals surface area contributed by atoms with E-state index in [1.165, 1.54) is 22.7 Å². The molecule has 0 unspecified atom stereocenters. The Hall–Kier alpha value is -3.15. The lowest BCUT2D eigenvalue weighted by Crippen LogP contribution is -2.28. The fourth-order valence-electron chi connectivity index (χ4n) is 3.08. The van der Waals surface area contributed by atoms with Crippen molar-refractivity contribution in [3.8, 4) is 5.82 Å². The third-order valence-electron chi connectivity index (χ3n) is 4.56. The van der Waals surface area contributed by atoms with Crippen LogP contribution < -0.4 is 10.6 Å². The van der Waals surface area contributed by atoms with Gasteiger partial charge in [-0.2, -0.15) is 5.10 Å². The molecule has 4 heterocycles. The van der Waals surface area contributed by atoms with E-state index in [-0.39, 0.29) is 11.9 Å². The number of carbonyl (C=O) groups excluding carboxylic acids is 2. The fraction of sp³-hybridized carbons (Fsp3) is 0.200. The number of urea groups is 1. The zero-order valence-electron chi connectivity index (χ0n) is 17.3. The molecule has 4 aromatic rings. The van der Waals surface area contributed by atoms with Gasteiger partial charge in [-0.15, -0.1) is 22.7 Å². The molecular weight excluding hydrogens is 470 g/mol. The van der Waals surface area contributed by atoms with Crippen LogP contribution in [0.25, 0.3) is 5.82 Å². The normalized spacial score (nSPS) is 10.8. The zero-order valence-corrected chi connectivity index (χ0v) is 19.7. The first-order chi connectivity index (χ1) is 15.4. The van der Waals surface area contributed by atoms with E-state index in [4.69, 9.17) is 11.6 Å². The molecule has 166 valence electrons. The fourth-order valence-corrected chi connectivity index (χ4v) is 4.80. The van der Waals surface area contributed by atoms with Gasteiger partial charge in [0.1, 0.15) is 11.4 Å². The Morgan fingerprint density at radius 3 is 2.75 bits per heavy atom. The molecule has 0 bridgehead atoms. The molecule has 4 aromatic heterocycles. The molecule has 0 aliphatic carbocycles. The highest BCUT2D eigenvalue weighted by Gasteiger charge is 2.21. The van der Waals surface area contributed by atoms with Crippen LogP contribution in [0.15, 0.2) is 48.2 Å². The molecule has 32 heavy (non-hydrogen) atoms. The molecule has 2 N–H and O–H groups in total. The molecule has 12 heteroatoms. The van der Waals surface area contributed by atoms with E-state index in [0.717, 1.165) is 4.88 Å². The van der Waals surface area contributed by atoms with Gasteiger partial charge in [0.2, 0.25) is 0 Å². The number of aromatic nitrogens is 4. The predicted octanol–water partition coefficient (Wildman–Crippen LogP) is 3.98. The Bertz CT molecular complexity index is 1230. The molecule has 0 spiro atoms. The van der Waals surface area contributed by atoms with E-state index in [0.29, 0.717) is 39.6 Å². The van der Waals surface area contributed by atoms with Crippen molar-refractivity contribution in [2.45, 2.75) is 13.1 Å². The molecule has 0 aromatic carbocycles. The Kier molecular flexibility index (Phi) is 6.58. The van der Waals surface area contributed by atoms with Gasteiger partial charge in [0.15, 0.2) is 5.13 Å². The second-order valence-electron chi connectivity index (χ2n) is 6.91. The third kappa shape index (κ3) is 5.01. The van der Waals surface area contributed by atoms with Crippen LogP contribution >= 0.6 is 34.3 Å². The van der Waals surface area contributed by atoms with Gasteiger partial charge in [-0.3, -0.25) is 14.8 Å². The molecule has 0 atom stereocenters. The number of rotatable bonds is 7. The number of carbonyl (C=O) groups is 2. The first-order valence-electron chi connectivity index (χ1n) is 9.55. The van der Waals surface area contributed by atoms with E-state index in [9.17, 15) is 9.59 Å². The van der Waals surface area contributed by atoms with Crippen molar-refractivity contribution < 1.29 is 9.59 Å². The van der Waals surface area contributed by atoms with E-state index in [1.807, 2.05) is 40.5 Å². The van der Waals surface area contributed by atoms with Crippen molar-refractivity contribution in [1.82, 2.24) is 29.5 Å². The summed E-state index contributed by atoms with van der Waals surface area (Å²) in [5, 5.41) is 12.0. The zero-order chi connectivity index (χ0) is 22.7. The molecule has 9 nitrogen and oxygen atoms in total. The van der Waals surface area contributed by atoms with Crippen LogP contribution in [0, 0.1) is 0 Å². The van der Waals surface area contributed by atoms with Gasteiger partial charge in [0.25, 0.3) is 5.91 Å². The van der Waals surface area contributed by atoms with Gasteiger partial charge >= 0.3 is 6.03 Å². The van der Waals surface area contributed by atoms with Gasteiger partial charge < -0.3 is 14.8 Å². The Balaban J connectivity index is 1.35. The molecule has 0 aliphatic rings. The smallest absolute Gasteiger partial charge is 0.321 e. The lowest BCUT2D eigenvalue weighted by molar-refractivity contribution is 0.0783. The Morgan fingerprint density at radius 1 is 1.25 bits per heavy atom. The summed E-state index contributed by atoms with van der Waals surface area (Å²) in [6, 6.07) is 7.08. The maximum atomic E-state index is 13.0. The largest absolute Gasteiger partial charge is 0.336 e. The van der Waals surface area contributed by atoms with Crippen molar-refractivity contribution in [1.29, 1.82) is 0 Å². The average molecular weight is 490 g/mol. The Morgan fingerprint density at radius 2 is 2.03 bits per heavy atom. The number of thiazole rings is 1. The minimum Gasteiger partial charge on any atom is -0.336 e. The van der Waals surface area contributed by atoms with Crippen molar-refractivity contribution in [3.05, 3.63) is 68.7 Å². The quantitative estimate of drug-likeness (QED) is 0.410. The summed E-state index contributed by atoms with van der Waals surface area (Å²) >= 11 is 8.61. The van der Waals surface area contributed by atoms with E-state index in [2.05, 4.69) is 20.7 Å². The van der Waals surface area contributed by atoms with Gasteiger partial charge in [0.05, 0.1) is 29.3 Å². The lowest BCUT2D eigenvalue weighted by atomic mass is 10.2. The topological polar surface area (TPSA) is 97.1 Å². The number of thiophene rings is 1. The summed E-state index contributed by atoms with van der Waals surface area (Å²) in [6.45, 7) is 0.680. The van der Waals surface area contributed by atoms with Crippen LogP contribution in [0.4, 0.5) is 9.93 Å². The monoisotopic (exact) mass is 489 g/mol. The predicted molar refractivity (Wildman–Crippen MR) is 126 cm³/mol. The van der Waals surface area contributed by atoms with Gasteiger partial charge in [-0.05, 0) is 24.3 Å².